The lowest BCUT2D eigenvalue weighted by Crippen LogP contribution is -2.37. The average Bonchev–Trinajstić information content (AvgIpc) is 2.50. The summed E-state index contributed by atoms with van der Waals surface area (Å²) in [5, 5.41) is 5.55. The normalized spacial score (nSPS) is 12.7. The van der Waals surface area contributed by atoms with Crippen LogP contribution in [0, 0.1) is 0 Å². The predicted molar refractivity (Wildman–Crippen MR) is 82.7 cm³/mol. The van der Waals surface area contributed by atoms with Crippen LogP contribution in [0.3, 0.4) is 0 Å². The molecule has 6 nitrogen and oxygen atoms in total. The van der Waals surface area contributed by atoms with Gasteiger partial charge in [-0.3, -0.25) is 4.79 Å². The zero-order valence-corrected chi connectivity index (χ0v) is 13.0. The first-order valence-corrected chi connectivity index (χ1v) is 8.05. The summed E-state index contributed by atoms with van der Waals surface area (Å²) in [7, 11) is -1.88. The van der Waals surface area contributed by atoms with E-state index < -0.39 is 10.0 Å². The van der Waals surface area contributed by atoms with Gasteiger partial charge in [-0.1, -0.05) is 12.1 Å². The highest BCUT2D eigenvalue weighted by Gasteiger charge is 2.16. The van der Waals surface area contributed by atoms with Crippen LogP contribution in [-0.4, -0.2) is 40.5 Å². The van der Waals surface area contributed by atoms with Crippen molar-refractivity contribution in [2.45, 2.75) is 17.9 Å². The summed E-state index contributed by atoms with van der Waals surface area (Å²) in [6, 6.07) is 5.92. The smallest absolute Gasteiger partial charge is 0.251 e. The Hall–Kier alpha value is -1.70. The molecular weight excluding hydrogens is 290 g/mol. The first-order valence-electron chi connectivity index (χ1n) is 6.56. The van der Waals surface area contributed by atoms with E-state index in [1.54, 1.807) is 25.3 Å². The predicted octanol–water partition coefficient (Wildman–Crippen LogP) is 0.489. The first kappa shape index (κ1) is 17.4. The number of nitrogens with one attached hydrogen (secondary N) is 3. The zero-order chi connectivity index (χ0) is 15.9. The average molecular weight is 311 g/mol. The van der Waals surface area contributed by atoms with E-state index in [2.05, 4.69) is 21.9 Å². The summed E-state index contributed by atoms with van der Waals surface area (Å²) in [4.78, 5) is 11.9. The molecule has 1 atom stereocenters. The molecule has 116 valence electrons. The van der Waals surface area contributed by atoms with Gasteiger partial charge >= 0.3 is 0 Å². The Bertz CT molecular complexity index is 599. The molecule has 1 unspecified atom stereocenters. The van der Waals surface area contributed by atoms with E-state index in [4.69, 9.17) is 0 Å². The van der Waals surface area contributed by atoms with Crippen molar-refractivity contribution < 1.29 is 13.2 Å². The van der Waals surface area contributed by atoms with Gasteiger partial charge in [-0.2, -0.15) is 0 Å². The molecule has 0 aliphatic heterocycles. The van der Waals surface area contributed by atoms with Crippen LogP contribution in [0.5, 0.6) is 0 Å². The van der Waals surface area contributed by atoms with Gasteiger partial charge in [0.1, 0.15) is 0 Å². The molecule has 0 fully saturated rings. The Morgan fingerprint density at radius 1 is 1.43 bits per heavy atom. The molecule has 0 saturated carbocycles. The van der Waals surface area contributed by atoms with Crippen LogP contribution >= 0.6 is 0 Å². The Kier molecular flexibility index (Phi) is 6.54. The van der Waals surface area contributed by atoms with E-state index in [-0.39, 0.29) is 23.4 Å². The number of amides is 1. The van der Waals surface area contributed by atoms with Crippen molar-refractivity contribution in [2.75, 3.05) is 20.1 Å². The molecule has 0 aromatic heterocycles. The van der Waals surface area contributed by atoms with E-state index >= 15 is 0 Å². The molecule has 7 heteroatoms. The maximum absolute atomic E-state index is 12.2. The lowest BCUT2D eigenvalue weighted by molar-refractivity contribution is 0.0958. The Labute approximate surface area is 125 Å². The third kappa shape index (κ3) is 5.30. The van der Waals surface area contributed by atoms with Crippen LogP contribution in [0.1, 0.15) is 17.3 Å². The minimum atomic E-state index is -3.63. The number of sulfonamides is 1. The Morgan fingerprint density at radius 3 is 2.76 bits per heavy atom. The van der Waals surface area contributed by atoms with Crippen molar-refractivity contribution in [3.63, 3.8) is 0 Å². The van der Waals surface area contributed by atoms with Crippen molar-refractivity contribution in [3.8, 4) is 0 Å². The standard InChI is InChI=1S/C14H21N3O3S/c1-4-8-16-14(18)12-6-5-7-13(9-12)21(19,20)17-10-11(2)15-3/h4-7,9,11,15,17H,1,8,10H2,2-3H3,(H,16,18). The molecule has 3 N–H and O–H groups in total. The van der Waals surface area contributed by atoms with Gasteiger partial charge in [0.2, 0.25) is 10.0 Å². The number of carbonyl (C=O) groups excluding carboxylic acids is 1. The quantitative estimate of drug-likeness (QED) is 0.610. The molecule has 21 heavy (non-hydrogen) atoms. The molecular formula is C14H21N3O3S. The topological polar surface area (TPSA) is 87.3 Å². The van der Waals surface area contributed by atoms with Gasteiger partial charge in [-0.15, -0.1) is 6.58 Å². The fourth-order valence-electron chi connectivity index (χ4n) is 1.49. The van der Waals surface area contributed by atoms with Crippen molar-refractivity contribution in [1.82, 2.24) is 15.4 Å². The van der Waals surface area contributed by atoms with E-state index in [9.17, 15) is 13.2 Å². The molecule has 0 spiro atoms. The monoisotopic (exact) mass is 311 g/mol. The SMILES string of the molecule is C=CCNC(=O)c1cccc(S(=O)(=O)NCC(C)NC)c1. The van der Waals surface area contributed by atoms with E-state index in [0.29, 0.717) is 12.1 Å². The van der Waals surface area contributed by atoms with Crippen molar-refractivity contribution >= 4 is 15.9 Å². The number of rotatable bonds is 8. The maximum atomic E-state index is 12.2. The van der Waals surface area contributed by atoms with Crippen LogP contribution < -0.4 is 15.4 Å². The van der Waals surface area contributed by atoms with Gasteiger partial charge in [0, 0.05) is 24.7 Å². The van der Waals surface area contributed by atoms with Gasteiger partial charge in [0.25, 0.3) is 5.91 Å². The summed E-state index contributed by atoms with van der Waals surface area (Å²) in [6.45, 7) is 5.96. The highest BCUT2D eigenvalue weighted by atomic mass is 32.2. The molecule has 1 aromatic rings. The van der Waals surface area contributed by atoms with Crippen molar-refractivity contribution in [1.29, 1.82) is 0 Å². The third-order valence-corrected chi connectivity index (χ3v) is 4.31. The number of benzene rings is 1. The fourth-order valence-corrected chi connectivity index (χ4v) is 2.67. The molecule has 0 radical (unpaired) electrons. The zero-order valence-electron chi connectivity index (χ0n) is 12.2. The molecule has 0 saturated heterocycles. The van der Waals surface area contributed by atoms with Crippen LogP contribution in [0.2, 0.25) is 0 Å². The van der Waals surface area contributed by atoms with Crippen LogP contribution in [0.15, 0.2) is 41.8 Å². The Balaban J connectivity index is 2.88. The Morgan fingerprint density at radius 2 is 2.14 bits per heavy atom. The number of hydrogen-bond acceptors (Lipinski definition) is 4. The number of carbonyl (C=O) groups is 1. The van der Waals surface area contributed by atoms with Crippen LogP contribution in [0.25, 0.3) is 0 Å². The van der Waals surface area contributed by atoms with Gasteiger partial charge in [0.15, 0.2) is 0 Å². The largest absolute Gasteiger partial charge is 0.349 e. The molecule has 0 bridgehead atoms. The third-order valence-electron chi connectivity index (χ3n) is 2.89. The second-order valence-electron chi connectivity index (χ2n) is 4.57. The minimum absolute atomic E-state index is 0.0128. The lowest BCUT2D eigenvalue weighted by Gasteiger charge is -2.12. The van der Waals surface area contributed by atoms with Crippen LogP contribution in [-0.2, 0) is 10.0 Å². The maximum Gasteiger partial charge on any atom is 0.251 e. The fraction of sp³-hybridized carbons (Fsp3) is 0.357. The molecule has 0 heterocycles. The molecule has 1 aromatic carbocycles. The van der Waals surface area contributed by atoms with E-state index in [1.165, 1.54) is 12.1 Å². The highest BCUT2D eigenvalue weighted by Crippen LogP contribution is 2.11. The second kappa shape index (κ2) is 7.92. The second-order valence-corrected chi connectivity index (χ2v) is 6.34. The van der Waals surface area contributed by atoms with Gasteiger partial charge in [-0.25, -0.2) is 13.1 Å². The van der Waals surface area contributed by atoms with E-state index in [0.717, 1.165) is 0 Å². The molecule has 0 aliphatic carbocycles. The summed E-state index contributed by atoms with van der Waals surface area (Å²) in [6.07, 6.45) is 1.55. The summed E-state index contributed by atoms with van der Waals surface area (Å²) >= 11 is 0. The summed E-state index contributed by atoms with van der Waals surface area (Å²) in [5.74, 6) is -0.337. The first-order chi connectivity index (χ1) is 9.90. The van der Waals surface area contributed by atoms with Crippen molar-refractivity contribution in [3.05, 3.63) is 42.5 Å². The molecule has 1 rings (SSSR count). The number of likely N-dealkylation sites (N-methyl/N-ethyl adjacent to an activating group) is 1. The molecule has 1 amide bonds. The highest BCUT2D eigenvalue weighted by molar-refractivity contribution is 7.89. The number of hydrogen-bond donors (Lipinski definition) is 3. The lowest BCUT2D eigenvalue weighted by atomic mass is 10.2. The molecule has 0 aliphatic rings. The summed E-state index contributed by atoms with van der Waals surface area (Å²) < 4.78 is 26.8. The summed E-state index contributed by atoms with van der Waals surface area (Å²) in [5.41, 5.74) is 0.293. The van der Waals surface area contributed by atoms with Gasteiger partial charge in [-0.05, 0) is 32.2 Å². The van der Waals surface area contributed by atoms with Crippen molar-refractivity contribution in [2.24, 2.45) is 0 Å². The van der Waals surface area contributed by atoms with Crippen LogP contribution in [0.4, 0.5) is 0 Å². The van der Waals surface area contributed by atoms with E-state index in [1.807, 2.05) is 6.92 Å². The van der Waals surface area contributed by atoms with Gasteiger partial charge in [0.05, 0.1) is 4.90 Å². The van der Waals surface area contributed by atoms with Gasteiger partial charge < -0.3 is 10.6 Å². The minimum Gasteiger partial charge on any atom is -0.349 e.